The first-order valence-electron chi connectivity index (χ1n) is 6.18. The fourth-order valence-electron chi connectivity index (χ4n) is 2.42. The molecule has 96 valence electrons. The van der Waals surface area contributed by atoms with E-state index in [9.17, 15) is 5.11 Å². The number of fused-ring (bicyclic) bond motifs is 1. The Balaban J connectivity index is 1.82. The van der Waals surface area contributed by atoms with Gasteiger partial charge in [-0.15, -0.1) is 5.10 Å². The van der Waals surface area contributed by atoms with E-state index in [1.807, 2.05) is 18.2 Å². The summed E-state index contributed by atoms with van der Waals surface area (Å²) in [6.07, 6.45) is 3.60. The topological polar surface area (TPSA) is 62.5 Å². The third-order valence-electron chi connectivity index (χ3n) is 3.38. The summed E-state index contributed by atoms with van der Waals surface area (Å²) >= 11 is 3.29. The molecule has 0 atom stereocenters. The number of pyridine rings is 1. The third-order valence-corrected chi connectivity index (χ3v) is 3.72. The molecule has 1 saturated carbocycles. The van der Waals surface area contributed by atoms with Crippen LogP contribution in [0.4, 0.5) is 5.82 Å². The lowest BCUT2D eigenvalue weighted by Crippen LogP contribution is -2.29. The monoisotopic (exact) mass is 310 g/mol. The van der Waals surface area contributed by atoms with Gasteiger partial charge in [-0.3, -0.25) is 0 Å². The molecule has 1 aliphatic rings. The van der Waals surface area contributed by atoms with Crippen molar-refractivity contribution in [3.8, 4) is 0 Å². The summed E-state index contributed by atoms with van der Waals surface area (Å²) in [6, 6.07) is 6.30. The second kappa shape index (κ2) is 4.85. The van der Waals surface area contributed by atoms with Gasteiger partial charge in [0.1, 0.15) is 5.82 Å². The first-order valence-corrected chi connectivity index (χ1v) is 6.97. The highest BCUT2D eigenvalue weighted by atomic mass is 79.9. The second-order valence-corrected chi connectivity index (χ2v) is 5.42. The van der Waals surface area contributed by atoms with Gasteiger partial charge < -0.3 is 10.4 Å². The van der Waals surface area contributed by atoms with E-state index in [0.717, 1.165) is 37.1 Å². The number of nitrogens with one attached hydrogen (secondary N) is 1. The Labute approximate surface area is 113 Å². The Kier molecular flexibility index (Phi) is 3.22. The molecule has 0 aromatic carbocycles. The first-order chi connectivity index (χ1) is 8.72. The van der Waals surface area contributed by atoms with Gasteiger partial charge in [-0.1, -0.05) is 6.07 Å². The molecule has 2 aromatic rings. The predicted molar refractivity (Wildman–Crippen MR) is 72.6 cm³/mol. The van der Waals surface area contributed by atoms with Gasteiger partial charge >= 0.3 is 0 Å². The van der Waals surface area contributed by atoms with Gasteiger partial charge in [0.25, 0.3) is 0 Å². The summed E-state index contributed by atoms with van der Waals surface area (Å²) in [4.78, 5) is 4.27. The van der Waals surface area contributed by atoms with Gasteiger partial charge in [0.2, 0.25) is 4.73 Å². The summed E-state index contributed by atoms with van der Waals surface area (Å²) in [5, 5.41) is 17.3. The zero-order valence-corrected chi connectivity index (χ0v) is 11.5. The number of anilines is 1. The van der Waals surface area contributed by atoms with Crippen LogP contribution in [0.1, 0.15) is 25.7 Å². The Morgan fingerprint density at radius 1 is 1.28 bits per heavy atom. The minimum atomic E-state index is -0.126. The first kappa shape index (κ1) is 11.9. The van der Waals surface area contributed by atoms with Crippen LogP contribution in [0.3, 0.4) is 0 Å². The van der Waals surface area contributed by atoms with E-state index < -0.39 is 0 Å². The summed E-state index contributed by atoms with van der Waals surface area (Å²) < 4.78 is 2.39. The van der Waals surface area contributed by atoms with Crippen molar-refractivity contribution in [2.45, 2.75) is 37.8 Å². The third kappa shape index (κ3) is 2.35. The molecule has 0 radical (unpaired) electrons. The van der Waals surface area contributed by atoms with Gasteiger partial charge in [0.05, 0.1) is 6.10 Å². The van der Waals surface area contributed by atoms with Crippen LogP contribution in [-0.4, -0.2) is 31.9 Å². The number of hydrogen-bond donors (Lipinski definition) is 2. The van der Waals surface area contributed by atoms with Crippen LogP contribution in [0.5, 0.6) is 0 Å². The van der Waals surface area contributed by atoms with E-state index >= 15 is 0 Å². The molecule has 0 amide bonds. The summed E-state index contributed by atoms with van der Waals surface area (Å²) in [5.41, 5.74) is 0.822. The van der Waals surface area contributed by atoms with Gasteiger partial charge in [-0.25, -0.2) is 4.98 Å². The van der Waals surface area contributed by atoms with Crippen molar-refractivity contribution in [3.63, 3.8) is 0 Å². The average molecular weight is 311 g/mol. The number of aromatic nitrogens is 3. The largest absolute Gasteiger partial charge is 0.393 e. The molecule has 3 rings (SSSR count). The van der Waals surface area contributed by atoms with Crippen molar-refractivity contribution in [2.75, 3.05) is 5.32 Å². The number of halogens is 1. The van der Waals surface area contributed by atoms with Crippen LogP contribution in [0.25, 0.3) is 5.65 Å². The molecule has 0 aliphatic heterocycles. The van der Waals surface area contributed by atoms with Crippen molar-refractivity contribution in [2.24, 2.45) is 0 Å². The van der Waals surface area contributed by atoms with Crippen LogP contribution in [0, 0.1) is 0 Å². The summed E-state index contributed by atoms with van der Waals surface area (Å²) in [6.45, 7) is 0. The Morgan fingerprint density at radius 2 is 2.06 bits per heavy atom. The van der Waals surface area contributed by atoms with Crippen molar-refractivity contribution >= 4 is 27.4 Å². The highest BCUT2D eigenvalue weighted by Crippen LogP contribution is 2.22. The summed E-state index contributed by atoms with van der Waals surface area (Å²) in [5.74, 6) is 0.951. The van der Waals surface area contributed by atoms with Gasteiger partial charge in [0, 0.05) is 6.04 Å². The molecule has 2 aromatic heterocycles. The smallest absolute Gasteiger partial charge is 0.218 e. The Morgan fingerprint density at radius 3 is 2.83 bits per heavy atom. The van der Waals surface area contributed by atoms with Gasteiger partial charge in [0.15, 0.2) is 5.65 Å². The van der Waals surface area contributed by atoms with Crippen LogP contribution in [0.15, 0.2) is 22.9 Å². The summed E-state index contributed by atoms with van der Waals surface area (Å²) in [7, 11) is 0. The van der Waals surface area contributed by atoms with Crippen LogP contribution >= 0.6 is 15.9 Å². The second-order valence-electron chi connectivity index (χ2n) is 4.71. The van der Waals surface area contributed by atoms with Gasteiger partial charge in [-0.05, 0) is 53.7 Å². The van der Waals surface area contributed by atoms with Crippen LogP contribution < -0.4 is 5.32 Å². The number of aliphatic hydroxyl groups is 1. The Hall–Kier alpha value is -1.14. The maximum absolute atomic E-state index is 9.51. The Bertz CT molecular complexity index is 548. The fraction of sp³-hybridized carbons (Fsp3) is 0.500. The number of rotatable bonds is 2. The maximum atomic E-state index is 9.51. The SMILES string of the molecule is OC1CCC(Nc2cccc3nc(Br)nn23)CC1. The molecule has 0 bridgehead atoms. The van der Waals surface area contributed by atoms with E-state index in [1.165, 1.54) is 0 Å². The lowest BCUT2D eigenvalue weighted by molar-refractivity contribution is 0.126. The van der Waals surface area contributed by atoms with Crippen LogP contribution in [-0.2, 0) is 0 Å². The quantitative estimate of drug-likeness (QED) is 0.892. The molecular formula is C12H15BrN4O. The molecule has 1 fully saturated rings. The zero-order chi connectivity index (χ0) is 12.5. The molecule has 0 spiro atoms. The van der Waals surface area contributed by atoms with E-state index in [2.05, 4.69) is 31.3 Å². The minimum Gasteiger partial charge on any atom is -0.393 e. The number of aliphatic hydroxyl groups excluding tert-OH is 1. The molecule has 0 unspecified atom stereocenters. The molecule has 2 N–H and O–H groups in total. The fourth-order valence-corrected chi connectivity index (χ4v) is 2.76. The molecule has 5 nitrogen and oxygen atoms in total. The normalized spacial score (nSPS) is 24.3. The molecule has 18 heavy (non-hydrogen) atoms. The zero-order valence-electron chi connectivity index (χ0n) is 9.88. The molecular weight excluding hydrogens is 296 g/mol. The molecule has 2 heterocycles. The van der Waals surface area contributed by atoms with E-state index in [0.29, 0.717) is 10.8 Å². The minimum absolute atomic E-state index is 0.126. The van der Waals surface area contributed by atoms with Crippen molar-refractivity contribution in [1.29, 1.82) is 0 Å². The standard InChI is InChI=1S/C12H15BrN4O/c13-12-15-11-3-1-2-10(17(11)16-12)14-8-4-6-9(18)7-5-8/h1-3,8-9,14,18H,4-7H2. The van der Waals surface area contributed by atoms with E-state index in [-0.39, 0.29) is 6.10 Å². The predicted octanol–water partition coefficient (Wildman–Crippen LogP) is 2.21. The number of nitrogens with zero attached hydrogens (tertiary/aromatic N) is 3. The van der Waals surface area contributed by atoms with Crippen LogP contribution in [0.2, 0.25) is 0 Å². The average Bonchev–Trinajstić information content (AvgIpc) is 2.73. The maximum Gasteiger partial charge on any atom is 0.218 e. The van der Waals surface area contributed by atoms with Crippen molar-refractivity contribution in [1.82, 2.24) is 14.6 Å². The van der Waals surface area contributed by atoms with E-state index in [1.54, 1.807) is 4.52 Å². The van der Waals surface area contributed by atoms with Gasteiger partial charge in [-0.2, -0.15) is 4.52 Å². The highest BCUT2D eigenvalue weighted by molar-refractivity contribution is 9.10. The highest BCUT2D eigenvalue weighted by Gasteiger charge is 2.19. The van der Waals surface area contributed by atoms with E-state index in [4.69, 9.17) is 0 Å². The van der Waals surface area contributed by atoms with Crippen molar-refractivity contribution in [3.05, 3.63) is 22.9 Å². The molecule has 6 heteroatoms. The molecule has 1 aliphatic carbocycles. The lowest BCUT2D eigenvalue weighted by Gasteiger charge is -2.26. The van der Waals surface area contributed by atoms with Crippen molar-refractivity contribution < 1.29 is 5.11 Å². The number of hydrogen-bond acceptors (Lipinski definition) is 4. The molecule has 0 saturated heterocycles. The lowest BCUT2D eigenvalue weighted by atomic mass is 9.93.